The lowest BCUT2D eigenvalue weighted by molar-refractivity contribution is -0.137. The van der Waals surface area contributed by atoms with Gasteiger partial charge in [-0.2, -0.15) is 5.10 Å². The molecule has 0 aromatic carbocycles. The lowest BCUT2D eigenvalue weighted by Gasteiger charge is -2.19. The molecule has 120 valence electrons. The number of carbonyl (C=O) groups is 1. The molecule has 9 heteroatoms. The summed E-state index contributed by atoms with van der Waals surface area (Å²) >= 11 is 0. The lowest BCUT2D eigenvalue weighted by Crippen LogP contribution is -2.38. The van der Waals surface area contributed by atoms with E-state index >= 15 is 0 Å². The Morgan fingerprint density at radius 3 is 2.43 bits per heavy atom. The molecule has 0 aliphatic rings. The fourth-order valence-corrected chi connectivity index (χ4v) is 3.69. The Hall–Kier alpha value is -1.45. The Labute approximate surface area is 123 Å². The molecule has 8 nitrogen and oxygen atoms in total. The molecule has 0 spiro atoms. The van der Waals surface area contributed by atoms with Gasteiger partial charge in [0.05, 0.1) is 11.4 Å². The van der Waals surface area contributed by atoms with Crippen molar-refractivity contribution in [3.05, 3.63) is 11.4 Å². The quantitative estimate of drug-likeness (QED) is 0.644. The number of carboxylic acid groups (broad SMARTS) is 1. The monoisotopic (exact) mass is 319 g/mol. The number of aromatic nitrogens is 2. The van der Waals surface area contributed by atoms with E-state index in [1.807, 2.05) is 0 Å². The number of rotatable bonds is 7. The topological polar surface area (TPSA) is 122 Å². The first-order valence-electron chi connectivity index (χ1n) is 6.49. The van der Waals surface area contributed by atoms with Gasteiger partial charge in [-0.05, 0) is 26.7 Å². The van der Waals surface area contributed by atoms with Crippen LogP contribution < -0.4 is 4.72 Å². The van der Waals surface area contributed by atoms with Gasteiger partial charge >= 0.3 is 5.97 Å². The van der Waals surface area contributed by atoms with Crippen LogP contribution in [-0.2, 0) is 21.4 Å². The van der Waals surface area contributed by atoms with Gasteiger partial charge in [-0.15, -0.1) is 0 Å². The van der Waals surface area contributed by atoms with Crippen molar-refractivity contribution in [2.24, 2.45) is 5.92 Å². The maximum absolute atomic E-state index is 12.4. The zero-order valence-electron chi connectivity index (χ0n) is 12.5. The Kier molecular flexibility index (Phi) is 5.48. The molecule has 0 aliphatic carbocycles. The third-order valence-electron chi connectivity index (χ3n) is 3.35. The van der Waals surface area contributed by atoms with Crippen molar-refractivity contribution in [1.29, 1.82) is 0 Å². The summed E-state index contributed by atoms with van der Waals surface area (Å²) in [6.07, 6.45) is 0. The van der Waals surface area contributed by atoms with Crippen molar-refractivity contribution in [2.75, 3.05) is 6.61 Å². The smallest absolute Gasteiger partial charge is 0.325 e. The second-order valence-electron chi connectivity index (χ2n) is 5.12. The Bertz CT molecular complexity index is 623. The second kappa shape index (κ2) is 6.54. The van der Waals surface area contributed by atoms with Crippen LogP contribution in [0.3, 0.4) is 0 Å². The lowest BCUT2D eigenvalue weighted by atomic mass is 10.1. The highest BCUT2D eigenvalue weighted by Gasteiger charge is 2.27. The number of nitrogens with one attached hydrogen (secondary N) is 1. The van der Waals surface area contributed by atoms with E-state index in [0.29, 0.717) is 0 Å². The van der Waals surface area contributed by atoms with Gasteiger partial charge in [0.25, 0.3) is 0 Å². The van der Waals surface area contributed by atoms with Gasteiger partial charge < -0.3 is 10.2 Å². The fraction of sp³-hybridized carbons (Fsp3) is 0.667. The molecule has 2 atom stereocenters. The average Bonchev–Trinajstić information content (AvgIpc) is 2.62. The molecule has 1 aromatic heterocycles. The normalized spacial score (nSPS) is 14.9. The van der Waals surface area contributed by atoms with Crippen molar-refractivity contribution >= 4 is 16.0 Å². The molecule has 1 aromatic rings. The molecule has 1 rings (SSSR count). The number of aliphatic hydroxyl groups is 1. The second-order valence-corrected chi connectivity index (χ2v) is 6.77. The van der Waals surface area contributed by atoms with E-state index in [2.05, 4.69) is 9.82 Å². The van der Waals surface area contributed by atoms with Gasteiger partial charge in [0.1, 0.15) is 11.4 Å². The van der Waals surface area contributed by atoms with Gasteiger partial charge in [0.2, 0.25) is 10.0 Å². The van der Waals surface area contributed by atoms with Crippen LogP contribution >= 0.6 is 0 Å². The van der Waals surface area contributed by atoms with Crippen LogP contribution in [0.1, 0.15) is 25.2 Å². The Balaban J connectivity index is 3.14. The molecular formula is C12H21N3O5S. The van der Waals surface area contributed by atoms with E-state index in [1.165, 1.54) is 13.8 Å². The number of aliphatic carboxylic acids is 1. The van der Waals surface area contributed by atoms with Crippen LogP contribution in [0.5, 0.6) is 0 Å². The summed E-state index contributed by atoms with van der Waals surface area (Å²) in [4.78, 5) is 10.7. The fourth-order valence-electron chi connectivity index (χ4n) is 1.93. The average molecular weight is 319 g/mol. The number of hydrogen-bond donors (Lipinski definition) is 3. The summed E-state index contributed by atoms with van der Waals surface area (Å²) in [5.41, 5.74) is 0.511. The van der Waals surface area contributed by atoms with Gasteiger partial charge in [-0.1, -0.05) is 6.92 Å². The van der Waals surface area contributed by atoms with Gasteiger partial charge in [-0.3, -0.25) is 9.48 Å². The molecule has 21 heavy (non-hydrogen) atoms. The summed E-state index contributed by atoms with van der Waals surface area (Å²) in [5, 5.41) is 21.8. The SMILES string of the molecule is Cc1nn(CC(=O)O)c(C)c1S(=O)(=O)NC(C)C(C)CO. The van der Waals surface area contributed by atoms with Crippen LogP contribution in [0, 0.1) is 19.8 Å². The third kappa shape index (κ3) is 4.02. The number of sulfonamides is 1. The first kappa shape index (κ1) is 17.6. The highest BCUT2D eigenvalue weighted by atomic mass is 32.2. The van der Waals surface area contributed by atoms with Crippen molar-refractivity contribution in [2.45, 2.75) is 45.2 Å². The zero-order chi connectivity index (χ0) is 16.4. The van der Waals surface area contributed by atoms with E-state index in [0.717, 1.165) is 4.68 Å². The van der Waals surface area contributed by atoms with E-state index in [1.54, 1.807) is 13.8 Å². The molecule has 0 saturated heterocycles. The zero-order valence-corrected chi connectivity index (χ0v) is 13.3. The summed E-state index contributed by atoms with van der Waals surface area (Å²) in [6.45, 7) is 5.87. The number of aliphatic hydroxyl groups excluding tert-OH is 1. The van der Waals surface area contributed by atoms with Gasteiger partial charge in [-0.25, -0.2) is 13.1 Å². The van der Waals surface area contributed by atoms with Crippen LogP contribution in [-0.4, -0.2) is 47.0 Å². The van der Waals surface area contributed by atoms with Crippen LogP contribution in [0.2, 0.25) is 0 Å². The summed E-state index contributed by atoms with van der Waals surface area (Å²) in [7, 11) is -3.83. The Morgan fingerprint density at radius 2 is 1.95 bits per heavy atom. The van der Waals surface area contributed by atoms with Crippen LogP contribution in [0.4, 0.5) is 0 Å². The summed E-state index contributed by atoms with van der Waals surface area (Å²) in [6, 6.07) is -0.457. The third-order valence-corrected chi connectivity index (χ3v) is 5.16. The minimum absolute atomic E-state index is 0.0132. The molecular weight excluding hydrogens is 298 g/mol. The molecule has 0 aliphatic heterocycles. The maximum Gasteiger partial charge on any atom is 0.325 e. The molecule has 0 bridgehead atoms. The molecule has 1 heterocycles. The minimum atomic E-state index is -3.83. The highest BCUT2D eigenvalue weighted by Crippen LogP contribution is 2.20. The first-order valence-corrected chi connectivity index (χ1v) is 7.97. The molecule has 2 unspecified atom stereocenters. The van der Waals surface area contributed by atoms with Gasteiger partial charge in [0, 0.05) is 12.6 Å². The predicted octanol–water partition coefficient (Wildman–Crippen LogP) is -0.120. The van der Waals surface area contributed by atoms with Crippen molar-refractivity contribution < 1.29 is 23.4 Å². The predicted molar refractivity (Wildman–Crippen MR) is 75.4 cm³/mol. The van der Waals surface area contributed by atoms with Crippen molar-refractivity contribution in [3.63, 3.8) is 0 Å². The number of aryl methyl sites for hydroxylation is 1. The maximum atomic E-state index is 12.4. The number of hydrogen-bond acceptors (Lipinski definition) is 5. The van der Waals surface area contributed by atoms with E-state index in [9.17, 15) is 13.2 Å². The van der Waals surface area contributed by atoms with Crippen LogP contribution in [0.25, 0.3) is 0 Å². The van der Waals surface area contributed by atoms with Crippen molar-refractivity contribution in [1.82, 2.24) is 14.5 Å². The van der Waals surface area contributed by atoms with Crippen molar-refractivity contribution in [3.8, 4) is 0 Å². The molecule has 0 fully saturated rings. The summed E-state index contributed by atoms with van der Waals surface area (Å²) < 4.78 is 28.4. The van der Waals surface area contributed by atoms with E-state index in [-0.39, 0.29) is 28.8 Å². The van der Waals surface area contributed by atoms with E-state index in [4.69, 9.17) is 10.2 Å². The molecule has 0 amide bonds. The number of carboxylic acids is 1. The molecule has 0 saturated carbocycles. The largest absolute Gasteiger partial charge is 0.480 e. The Morgan fingerprint density at radius 1 is 1.38 bits per heavy atom. The molecule has 0 radical (unpaired) electrons. The highest BCUT2D eigenvalue weighted by molar-refractivity contribution is 7.89. The standard InChI is InChI=1S/C12H21N3O5S/c1-7(6-16)8(2)14-21(19,20)12-9(3)13-15(10(12)4)5-11(17)18/h7-8,14,16H,5-6H2,1-4H3,(H,17,18). The minimum Gasteiger partial charge on any atom is -0.480 e. The summed E-state index contributed by atoms with van der Waals surface area (Å²) in [5.74, 6) is -1.34. The molecule has 3 N–H and O–H groups in total. The van der Waals surface area contributed by atoms with Crippen LogP contribution in [0.15, 0.2) is 4.90 Å². The first-order chi connectivity index (χ1) is 9.60. The van der Waals surface area contributed by atoms with Gasteiger partial charge in [0.15, 0.2) is 0 Å². The van der Waals surface area contributed by atoms with E-state index < -0.39 is 28.6 Å². The number of nitrogens with zero attached hydrogens (tertiary/aromatic N) is 2.